The van der Waals surface area contributed by atoms with Crippen molar-refractivity contribution in [2.24, 2.45) is 10.8 Å². The smallest absolute Gasteiger partial charge is 0.416 e. The Morgan fingerprint density at radius 1 is 1.18 bits per heavy atom. The number of carbonyl (C=O) groups is 3. The standard InChI is InChI=1S/C28H38ClF3N8O4/c1-7-21(34-4)24(38-10-12-39(13-11-38)26(43)17(2)25(42)18(3)37(6)16-33)27(44)40(35-5)15-23(41)36-22-9-8-19(14-20(22)29)28(30,31)32/h8-9,14,34,42H,2,5,7,10-13,15-16,33H2,1,3-4,6H3,(H,36,41)/b24-21+,25-18+. The molecule has 1 aliphatic heterocycles. The number of halogens is 4. The number of alkyl halides is 3. The van der Waals surface area contributed by atoms with Gasteiger partial charge in [0.1, 0.15) is 18.0 Å². The molecule has 0 bridgehead atoms. The molecule has 0 spiro atoms. The third kappa shape index (κ3) is 8.66. The minimum absolute atomic E-state index is 0.0745. The molecule has 16 heteroatoms. The minimum Gasteiger partial charge on any atom is -0.505 e. The summed E-state index contributed by atoms with van der Waals surface area (Å²) in [7, 11) is 3.30. The van der Waals surface area contributed by atoms with Gasteiger partial charge in [0, 0.05) is 52.7 Å². The van der Waals surface area contributed by atoms with Gasteiger partial charge < -0.3 is 36.2 Å². The highest BCUT2D eigenvalue weighted by Gasteiger charge is 2.33. The van der Waals surface area contributed by atoms with Gasteiger partial charge >= 0.3 is 6.18 Å². The summed E-state index contributed by atoms with van der Waals surface area (Å²) in [4.78, 5) is 44.3. The SMILES string of the molecule is C=NN(CC(=O)Nc1ccc(C(F)(F)F)cc1Cl)C(=O)/C(=C(/CC)NC)N1CCN(C(=O)C(=C)/C(O)=C(/C)N(C)CN)CC1. The number of nitrogens with zero attached hydrogens (tertiary/aromatic N) is 5. The van der Waals surface area contributed by atoms with Crippen LogP contribution in [0, 0.1) is 0 Å². The van der Waals surface area contributed by atoms with Crippen LogP contribution in [0.4, 0.5) is 18.9 Å². The largest absolute Gasteiger partial charge is 0.505 e. The maximum absolute atomic E-state index is 13.7. The van der Waals surface area contributed by atoms with E-state index in [9.17, 15) is 32.7 Å². The van der Waals surface area contributed by atoms with Crippen LogP contribution in [0.2, 0.25) is 5.02 Å². The van der Waals surface area contributed by atoms with Crippen LogP contribution in [0.15, 0.2) is 58.3 Å². The van der Waals surface area contributed by atoms with Gasteiger partial charge in [0.15, 0.2) is 0 Å². The Morgan fingerprint density at radius 2 is 1.77 bits per heavy atom. The number of hydrogen-bond donors (Lipinski definition) is 4. The Labute approximate surface area is 259 Å². The van der Waals surface area contributed by atoms with Gasteiger partial charge in [-0.05, 0) is 31.5 Å². The minimum atomic E-state index is -4.61. The van der Waals surface area contributed by atoms with E-state index >= 15 is 0 Å². The van der Waals surface area contributed by atoms with E-state index in [4.69, 9.17) is 17.3 Å². The molecule has 0 unspecified atom stereocenters. The number of carbonyl (C=O) groups excluding carboxylic acids is 3. The summed E-state index contributed by atoms with van der Waals surface area (Å²) in [6, 6.07) is 2.47. The lowest BCUT2D eigenvalue weighted by molar-refractivity contribution is -0.137. The van der Waals surface area contributed by atoms with Crippen LogP contribution in [0.3, 0.4) is 0 Å². The summed E-state index contributed by atoms with van der Waals surface area (Å²) >= 11 is 5.94. The second kappa shape index (κ2) is 15.5. The molecule has 1 aromatic rings. The molecule has 242 valence electrons. The van der Waals surface area contributed by atoms with Crippen LogP contribution in [-0.2, 0) is 20.6 Å². The lowest BCUT2D eigenvalue weighted by atomic mass is 10.1. The molecule has 2 rings (SSSR count). The molecule has 0 aliphatic carbocycles. The number of hydrogen-bond acceptors (Lipinski definition) is 9. The number of nitrogens with two attached hydrogens (primary N) is 1. The van der Waals surface area contributed by atoms with Gasteiger partial charge in [-0.1, -0.05) is 25.1 Å². The van der Waals surface area contributed by atoms with Crippen molar-refractivity contribution >= 4 is 41.7 Å². The second-order valence-corrected chi connectivity index (χ2v) is 10.2. The van der Waals surface area contributed by atoms with Crippen molar-refractivity contribution in [3.8, 4) is 0 Å². The highest BCUT2D eigenvalue weighted by atomic mass is 35.5. The molecule has 44 heavy (non-hydrogen) atoms. The third-order valence-corrected chi connectivity index (χ3v) is 7.34. The number of benzene rings is 1. The first-order valence-corrected chi connectivity index (χ1v) is 13.9. The predicted molar refractivity (Wildman–Crippen MR) is 162 cm³/mol. The van der Waals surface area contributed by atoms with Crippen molar-refractivity contribution in [3.05, 3.63) is 63.8 Å². The van der Waals surface area contributed by atoms with Gasteiger partial charge in [-0.25, -0.2) is 5.01 Å². The average Bonchev–Trinajstić information content (AvgIpc) is 3.00. The average molecular weight is 643 g/mol. The molecule has 1 heterocycles. The molecule has 1 saturated heterocycles. The molecular formula is C28H38ClF3N8O4. The molecule has 0 saturated carbocycles. The van der Waals surface area contributed by atoms with E-state index < -0.39 is 36.0 Å². The summed E-state index contributed by atoms with van der Waals surface area (Å²) in [5.74, 6) is -2.18. The summed E-state index contributed by atoms with van der Waals surface area (Å²) < 4.78 is 38.9. The van der Waals surface area contributed by atoms with Gasteiger partial charge in [-0.2, -0.15) is 18.3 Å². The fraction of sp³-hybridized carbons (Fsp3) is 0.429. The van der Waals surface area contributed by atoms with Crippen molar-refractivity contribution in [2.75, 3.05) is 58.8 Å². The van der Waals surface area contributed by atoms with Crippen LogP contribution in [-0.4, -0.2) is 103 Å². The van der Waals surface area contributed by atoms with Gasteiger partial charge in [-0.15, -0.1) is 0 Å². The zero-order valence-corrected chi connectivity index (χ0v) is 25.8. The zero-order valence-electron chi connectivity index (χ0n) is 25.1. The highest BCUT2D eigenvalue weighted by Crippen LogP contribution is 2.33. The van der Waals surface area contributed by atoms with Crippen molar-refractivity contribution in [3.63, 3.8) is 0 Å². The van der Waals surface area contributed by atoms with Crippen LogP contribution >= 0.6 is 11.6 Å². The van der Waals surface area contributed by atoms with Gasteiger partial charge in [0.05, 0.1) is 34.2 Å². The van der Waals surface area contributed by atoms with E-state index in [0.717, 1.165) is 17.1 Å². The quantitative estimate of drug-likeness (QED) is 0.0680. The third-order valence-electron chi connectivity index (χ3n) is 7.03. The fourth-order valence-corrected chi connectivity index (χ4v) is 4.53. The molecule has 5 N–H and O–H groups in total. The molecule has 0 atom stereocenters. The molecule has 0 aromatic heterocycles. The van der Waals surface area contributed by atoms with Gasteiger partial charge in [-0.3, -0.25) is 14.4 Å². The van der Waals surface area contributed by atoms with E-state index in [1.165, 1.54) is 4.90 Å². The monoisotopic (exact) mass is 642 g/mol. The number of aliphatic hydroxyl groups is 1. The van der Waals surface area contributed by atoms with E-state index in [0.29, 0.717) is 23.9 Å². The van der Waals surface area contributed by atoms with Gasteiger partial charge in [0.25, 0.3) is 11.8 Å². The molecule has 1 aromatic carbocycles. The Kier molecular flexibility index (Phi) is 12.6. The van der Waals surface area contributed by atoms with Crippen molar-refractivity contribution < 1.29 is 32.7 Å². The van der Waals surface area contributed by atoms with Crippen LogP contribution in [0.25, 0.3) is 0 Å². The highest BCUT2D eigenvalue weighted by molar-refractivity contribution is 6.33. The van der Waals surface area contributed by atoms with E-state index in [2.05, 4.69) is 29.0 Å². The van der Waals surface area contributed by atoms with Crippen LogP contribution in [0.1, 0.15) is 25.8 Å². The van der Waals surface area contributed by atoms with E-state index in [-0.39, 0.29) is 60.6 Å². The Morgan fingerprint density at radius 3 is 2.25 bits per heavy atom. The molecule has 1 aliphatic rings. The topological polar surface area (TPSA) is 147 Å². The Bertz CT molecular complexity index is 1330. The zero-order chi connectivity index (χ0) is 33.4. The maximum Gasteiger partial charge on any atom is 0.416 e. The summed E-state index contributed by atoms with van der Waals surface area (Å²) in [6.07, 6.45) is -4.19. The molecule has 12 nitrogen and oxygen atoms in total. The number of nitrogens with one attached hydrogen (secondary N) is 2. The lowest BCUT2D eigenvalue weighted by Gasteiger charge is -2.38. The van der Waals surface area contributed by atoms with Crippen molar-refractivity contribution in [2.45, 2.75) is 26.4 Å². The number of rotatable bonds is 12. The predicted octanol–water partition coefficient (Wildman–Crippen LogP) is 2.92. The van der Waals surface area contributed by atoms with Crippen LogP contribution in [0.5, 0.6) is 0 Å². The second-order valence-electron chi connectivity index (χ2n) is 9.75. The first kappa shape index (κ1) is 36.0. The fourth-order valence-electron chi connectivity index (χ4n) is 4.31. The number of piperazine rings is 1. The molecule has 1 fully saturated rings. The van der Waals surface area contributed by atoms with Crippen molar-refractivity contribution in [1.29, 1.82) is 0 Å². The summed E-state index contributed by atoms with van der Waals surface area (Å²) in [6.45, 7) is 11.0. The lowest BCUT2D eigenvalue weighted by Crippen LogP contribution is -2.51. The molecule has 0 radical (unpaired) electrons. The number of amides is 3. The molecular weight excluding hydrogens is 605 g/mol. The first-order chi connectivity index (χ1) is 20.6. The Balaban J connectivity index is 2.19. The number of hydrazone groups is 1. The van der Waals surface area contributed by atoms with Crippen molar-refractivity contribution in [1.82, 2.24) is 25.0 Å². The Hall–Kier alpha value is -4.24. The number of allylic oxidation sites excluding steroid dienone is 2. The normalized spacial score (nSPS) is 14.7. The summed E-state index contributed by atoms with van der Waals surface area (Å²) in [5.41, 5.74) is 5.60. The first-order valence-electron chi connectivity index (χ1n) is 13.5. The number of anilines is 1. The number of aliphatic hydroxyl groups excluding tert-OH is 1. The van der Waals surface area contributed by atoms with E-state index in [1.807, 2.05) is 6.92 Å². The van der Waals surface area contributed by atoms with Crippen LogP contribution < -0.4 is 16.4 Å². The molecule has 3 amide bonds. The summed E-state index contributed by atoms with van der Waals surface area (Å²) in [5, 5.41) is 20.1. The van der Waals surface area contributed by atoms with E-state index in [1.54, 1.807) is 30.8 Å². The van der Waals surface area contributed by atoms with Gasteiger partial charge in [0.2, 0.25) is 5.91 Å². The maximum atomic E-state index is 13.7.